The number of hydrogen-bond donors (Lipinski definition) is 2. The summed E-state index contributed by atoms with van der Waals surface area (Å²) < 4.78 is 2.45. The lowest BCUT2D eigenvalue weighted by Crippen LogP contribution is -2.43. The fraction of sp³-hybridized carbons (Fsp3) is 0.333. The van der Waals surface area contributed by atoms with E-state index in [1.54, 1.807) is 23.0 Å². The number of halogens is 1. The standard InChI is InChI=1S/C12H13BrN6O/c1-7-9(2-3-11(13)15-7)16-12(20)10-6-19(18-17-10)8-4-14-5-8/h2-3,6,8,14H,4-5H2,1H3,(H,16,20). The van der Waals surface area contributed by atoms with Crippen LogP contribution in [0.3, 0.4) is 0 Å². The van der Waals surface area contributed by atoms with Crippen molar-refractivity contribution in [3.8, 4) is 0 Å². The number of carbonyl (C=O) groups is 1. The molecular weight excluding hydrogens is 324 g/mol. The molecule has 1 saturated heterocycles. The third-order valence-electron chi connectivity index (χ3n) is 3.18. The van der Waals surface area contributed by atoms with Crippen LogP contribution in [0.4, 0.5) is 5.69 Å². The van der Waals surface area contributed by atoms with E-state index in [2.05, 4.69) is 41.9 Å². The van der Waals surface area contributed by atoms with Gasteiger partial charge in [-0.25, -0.2) is 9.67 Å². The number of pyridine rings is 1. The van der Waals surface area contributed by atoms with E-state index < -0.39 is 0 Å². The van der Waals surface area contributed by atoms with Crippen LogP contribution < -0.4 is 10.6 Å². The van der Waals surface area contributed by atoms with Gasteiger partial charge < -0.3 is 10.6 Å². The fourth-order valence-electron chi connectivity index (χ4n) is 1.87. The van der Waals surface area contributed by atoms with Gasteiger partial charge in [0.15, 0.2) is 5.69 Å². The minimum Gasteiger partial charge on any atom is -0.319 e. The average Bonchev–Trinajstić information content (AvgIpc) is 2.80. The van der Waals surface area contributed by atoms with Crippen LogP contribution in [0.5, 0.6) is 0 Å². The van der Waals surface area contributed by atoms with Crippen molar-refractivity contribution >= 4 is 27.5 Å². The Morgan fingerprint density at radius 2 is 2.30 bits per heavy atom. The highest BCUT2D eigenvalue weighted by molar-refractivity contribution is 9.10. The summed E-state index contributed by atoms with van der Waals surface area (Å²) in [5.41, 5.74) is 1.71. The minimum absolute atomic E-state index is 0.282. The van der Waals surface area contributed by atoms with Crippen molar-refractivity contribution in [3.63, 3.8) is 0 Å². The van der Waals surface area contributed by atoms with Crippen LogP contribution in [0.2, 0.25) is 0 Å². The highest BCUT2D eigenvalue weighted by Crippen LogP contribution is 2.17. The fourth-order valence-corrected chi connectivity index (χ4v) is 2.27. The molecule has 2 N–H and O–H groups in total. The summed E-state index contributed by atoms with van der Waals surface area (Å²) in [7, 11) is 0. The molecule has 1 aliphatic heterocycles. The van der Waals surface area contributed by atoms with Crippen LogP contribution in [0.25, 0.3) is 0 Å². The van der Waals surface area contributed by atoms with E-state index in [1.807, 2.05) is 6.92 Å². The summed E-state index contributed by atoms with van der Waals surface area (Å²) in [4.78, 5) is 16.3. The van der Waals surface area contributed by atoms with Gasteiger partial charge in [-0.2, -0.15) is 0 Å². The molecule has 1 fully saturated rings. The van der Waals surface area contributed by atoms with Gasteiger partial charge in [0.2, 0.25) is 0 Å². The predicted octanol–water partition coefficient (Wildman–Crippen LogP) is 1.14. The van der Waals surface area contributed by atoms with Crippen molar-refractivity contribution in [2.45, 2.75) is 13.0 Å². The Kier molecular flexibility index (Phi) is 3.49. The van der Waals surface area contributed by atoms with Gasteiger partial charge in [0, 0.05) is 13.1 Å². The van der Waals surface area contributed by atoms with Gasteiger partial charge in [0.1, 0.15) is 4.60 Å². The van der Waals surface area contributed by atoms with Crippen LogP contribution in [-0.2, 0) is 0 Å². The van der Waals surface area contributed by atoms with Crippen molar-refractivity contribution in [3.05, 3.63) is 34.3 Å². The van der Waals surface area contributed by atoms with E-state index in [-0.39, 0.29) is 5.91 Å². The first kappa shape index (κ1) is 13.2. The summed E-state index contributed by atoms with van der Waals surface area (Å²) in [5.74, 6) is -0.282. The van der Waals surface area contributed by atoms with Gasteiger partial charge in [-0.1, -0.05) is 5.21 Å². The lowest BCUT2D eigenvalue weighted by Gasteiger charge is -2.26. The van der Waals surface area contributed by atoms with Crippen molar-refractivity contribution in [1.29, 1.82) is 0 Å². The molecule has 3 heterocycles. The summed E-state index contributed by atoms with van der Waals surface area (Å²) >= 11 is 3.29. The monoisotopic (exact) mass is 336 g/mol. The van der Waals surface area contributed by atoms with Crippen LogP contribution in [0, 0.1) is 6.92 Å². The van der Waals surface area contributed by atoms with Gasteiger partial charge in [-0.05, 0) is 35.0 Å². The van der Waals surface area contributed by atoms with E-state index in [4.69, 9.17) is 0 Å². The van der Waals surface area contributed by atoms with Crippen molar-refractivity contribution in [2.75, 3.05) is 18.4 Å². The van der Waals surface area contributed by atoms with E-state index in [9.17, 15) is 4.79 Å². The van der Waals surface area contributed by atoms with Crippen LogP contribution >= 0.6 is 15.9 Å². The quantitative estimate of drug-likeness (QED) is 0.821. The van der Waals surface area contributed by atoms with Crippen LogP contribution in [0.15, 0.2) is 22.9 Å². The van der Waals surface area contributed by atoms with Gasteiger partial charge in [-0.15, -0.1) is 5.10 Å². The Morgan fingerprint density at radius 1 is 1.50 bits per heavy atom. The highest BCUT2D eigenvalue weighted by atomic mass is 79.9. The minimum atomic E-state index is -0.282. The second kappa shape index (κ2) is 5.29. The Hall–Kier alpha value is -1.80. The van der Waals surface area contributed by atoms with Crippen LogP contribution in [0.1, 0.15) is 22.2 Å². The summed E-state index contributed by atoms with van der Waals surface area (Å²) in [5, 5.41) is 13.8. The number of amides is 1. The lowest BCUT2D eigenvalue weighted by atomic mass is 10.2. The number of anilines is 1. The lowest BCUT2D eigenvalue weighted by molar-refractivity contribution is 0.102. The first-order valence-electron chi connectivity index (χ1n) is 6.20. The molecule has 0 atom stereocenters. The second-order valence-electron chi connectivity index (χ2n) is 4.62. The molecule has 0 aliphatic carbocycles. The Morgan fingerprint density at radius 3 is 2.95 bits per heavy atom. The van der Waals surface area contributed by atoms with Crippen LogP contribution in [-0.4, -0.2) is 39.0 Å². The number of hydrogen-bond acceptors (Lipinski definition) is 5. The number of carbonyl (C=O) groups excluding carboxylic acids is 1. The maximum absolute atomic E-state index is 12.1. The zero-order valence-electron chi connectivity index (χ0n) is 10.8. The van der Waals surface area contributed by atoms with E-state index in [1.165, 1.54) is 0 Å². The molecule has 0 aromatic carbocycles. The molecule has 104 valence electrons. The Bertz CT molecular complexity index is 651. The summed E-state index contributed by atoms with van der Waals surface area (Å²) in [6.07, 6.45) is 1.67. The molecule has 0 spiro atoms. The van der Waals surface area contributed by atoms with E-state index in [0.29, 0.717) is 17.4 Å². The van der Waals surface area contributed by atoms with Crippen molar-refractivity contribution < 1.29 is 4.79 Å². The third-order valence-corrected chi connectivity index (χ3v) is 3.62. The number of rotatable bonds is 3. The zero-order chi connectivity index (χ0) is 14.1. The molecule has 0 saturated carbocycles. The topological polar surface area (TPSA) is 84.7 Å². The van der Waals surface area contributed by atoms with E-state index in [0.717, 1.165) is 23.4 Å². The summed E-state index contributed by atoms with van der Waals surface area (Å²) in [6.45, 7) is 3.55. The highest BCUT2D eigenvalue weighted by Gasteiger charge is 2.21. The second-order valence-corrected chi connectivity index (χ2v) is 5.43. The average molecular weight is 337 g/mol. The van der Waals surface area contributed by atoms with Crippen molar-refractivity contribution in [2.24, 2.45) is 0 Å². The Balaban J connectivity index is 1.73. The maximum Gasteiger partial charge on any atom is 0.277 e. The normalized spacial score (nSPS) is 14.9. The molecule has 20 heavy (non-hydrogen) atoms. The molecule has 0 bridgehead atoms. The van der Waals surface area contributed by atoms with E-state index >= 15 is 0 Å². The Labute approximate surface area is 123 Å². The molecule has 3 rings (SSSR count). The first-order valence-corrected chi connectivity index (χ1v) is 7.00. The van der Waals surface area contributed by atoms with Gasteiger partial charge in [0.05, 0.1) is 23.6 Å². The largest absolute Gasteiger partial charge is 0.319 e. The number of nitrogens with zero attached hydrogens (tertiary/aromatic N) is 4. The molecule has 2 aromatic rings. The summed E-state index contributed by atoms with van der Waals surface area (Å²) in [6, 6.07) is 3.87. The maximum atomic E-state index is 12.1. The molecule has 7 nitrogen and oxygen atoms in total. The molecule has 2 aromatic heterocycles. The molecule has 0 unspecified atom stereocenters. The first-order chi connectivity index (χ1) is 9.63. The smallest absolute Gasteiger partial charge is 0.277 e. The number of aromatic nitrogens is 4. The van der Waals surface area contributed by atoms with Gasteiger partial charge >= 0.3 is 0 Å². The molecule has 8 heteroatoms. The van der Waals surface area contributed by atoms with Gasteiger partial charge in [-0.3, -0.25) is 4.79 Å². The van der Waals surface area contributed by atoms with Gasteiger partial charge in [0.25, 0.3) is 5.91 Å². The molecular formula is C12H13BrN6O. The SMILES string of the molecule is Cc1nc(Br)ccc1NC(=O)c1cn(C2CNC2)nn1. The number of aryl methyl sites for hydroxylation is 1. The molecule has 0 radical (unpaired) electrons. The number of nitrogens with one attached hydrogen (secondary N) is 2. The molecule has 1 aliphatic rings. The zero-order valence-corrected chi connectivity index (χ0v) is 12.4. The molecule has 1 amide bonds. The van der Waals surface area contributed by atoms with Crippen molar-refractivity contribution in [1.82, 2.24) is 25.3 Å². The third kappa shape index (κ3) is 2.56. The predicted molar refractivity (Wildman–Crippen MR) is 76.6 cm³/mol.